The van der Waals surface area contributed by atoms with Crippen LogP contribution in [0.15, 0.2) is 0 Å². The summed E-state index contributed by atoms with van der Waals surface area (Å²) in [5.74, 6) is -2.32. The van der Waals surface area contributed by atoms with E-state index in [0.29, 0.717) is 0 Å². The van der Waals surface area contributed by atoms with Gasteiger partial charge in [0.05, 0.1) is 0 Å². The van der Waals surface area contributed by atoms with E-state index in [2.05, 4.69) is 0 Å². The minimum absolute atomic E-state index is 0.151. The Hall–Kier alpha value is -1.80. The Kier molecular flexibility index (Phi) is 2.32. The van der Waals surface area contributed by atoms with Gasteiger partial charge in [-0.3, -0.25) is 10.1 Å². The number of hydrogen-bond donors (Lipinski definition) is 2. The lowest BCUT2D eigenvalue weighted by Gasteiger charge is -2.25. The number of hydrogen-bond acceptors (Lipinski definition) is 3. The summed E-state index contributed by atoms with van der Waals surface area (Å²) in [4.78, 5) is 31.5. The Bertz CT molecular complexity index is 300. The number of carbonyl (C=O) groups is 3. The van der Waals surface area contributed by atoms with Gasteiger partial charge in [-0.05, 0) is 0 Å². The molecule has 0 spiro atoms. The molecule has 0 saturated carbocycles. The van der Waals surface area contributed by atoms with Gasteiger partial charge in [-0.2, -0.15) is 13.2 Å². The largest absolute Gasteiger partial charge is 0.471 e. The van der Waals surface area contributed by atoms with Crippen LogP contribution in [0.1, 0.15) is 0 Å². The van der Waals surface area contributed by atoms with Crippen LogP contribution in [0.5, 0.6) is 0 Å². The first-order valence-corrected chi connectivity index (χ1v) is 3.30. The molecule has 5 amide bonds. The summed E-state index contributed by atoms with van der Waals surface area (Å²) in [5.41, 5.74) is 0. The molecule has 1 aliphatic rings. The van der Waals surface area contributed by atoms with Crippen LogP contribution in [-0.4, -0.2) is 35.7 Å². The molecule has 0 aliphatic carbocycles. The highest BCUT2D eigenvalue weighted by Gasteiger charge is 2.46. The van der Waals surface area contributed by atoms with Crippen molar-refractivity contribution in [2.24, 2.45) is 0 Å². The first-order valence-electron chi connectivity index (χ1n) is 3.30. The van der Waals surface area contributed by atoms with Crippen molar-refractivity contribution in [2.45, 2.75) is 6.18 Å². The molecule has 1 saturated heterocycles. The second-order valence-corrected chi connectivity index (χ2v) is 2.33. The van der Waals surface area contributed by atoms with Crippen molar-refractivity contribution in [1.82, 2.24) is 15.5 Å². The summed E-state index contributed by atoms with van der Waals surface area (Å²) in [6.45, 7) is -0.789. The molecule has 0 aromatic heterocycles. The fourth-order valence-electron chi connectivity index (χ4n) is 0.749. The lowest BCUT2D eigenvalue weighted by atomic mass is 10.5. The van der Waals surface area contributed by atoms with E-state index in [4.69, 9.17) is 0 Å². The minimum atomic E-state index is -5.14. The summed E-state index contributed by atoms with van der Waals surface area (Å²) in [6, 6.07) is -2.34. The zero-order valence-corrected chi connectivity index (χ0v) is 6.51. The maximum absolute atomic E-state index is 11.8. The van der Waals surface area contributed by atoms with Crippen molar-refractivity contribution < 1.29 is 27.6 Å². The maximum atomic E-state index is 11.8. The predicted molar refractivity (Wildman–Crippen MR) is 34.8 cm³/mol. The second-order valence-electron chi connectivity index (χ2n) is 2.33. The standard InChI is InChI=1S/C5H4F3N3O3/c6-5(7,8)2(12)11-1-9-3(13)10-4(11)14/h1H2,(H2,9,10,13,14). The van der Waals surface area contributed by atoms with Crippen LogP contribution in [-0.2, 0) is 4.79 Å². The maximum Gasteiger partial charge on any atom is 0.471 e. The van der Waals surface area contributed by atoms with Crippen LogP contribution < -0.4 is 10.6 Å². The predicted octanol–water partition coefficient (Wildman–Crippen LogP) is -0.232. The van der Waals surface area contributed by atoms with Crippen molar-refractivity contribution >= 4 is 18.0 Å². The van der Waals surface area contributed by atoms with E-state index in [1.165, 1.54) is 5.32 Å². The van der Waals surface area contributed by atoms with Gasteiger partial charge >= 0.3 is 24.1 Å². The van der Waals surface area contributed by atoms with E-state index in [9.17, 15) is 27.6 Å². The smallest absolute Gasteiger partial charge is 0.320 e. The van der Waals surface area contributed by atoms with Gasteiger partial charge in [0, 0.05) is 0 Å². The number of nitrogens with zero attached hydrogens (tertiary/aromatic N) is 1. The van der Waals surface area contributed by atoms with Gasteiger partial charge in [0.1, 0.15) is 6.67 Å². The molecule has 1 fully saturated rings. The number of rotatable bonds is 0. The van der Waals surface area contributed by atoms with Gasteiger partial charge < -0.3 is 5.32 Å². The normalized spacial score (nSPS) is 17.5. The van der Waals surface area contributed by atoms with Crippen LogP contribution in [0.2, 0.25) is 0 Å². The van der Waals surface area contributed by atoms with E-state index in [0.717, 1.165) is 0 Å². The van der Waals surface area contributed by atoms with E-state index in [1.807, 2.05) is 5.32 Å². The van der Waals surface area contributed by atoms with Gasteiger partial charge in [-0.1, -0.05) is 0 Å². The average Bonchev–Trinajstić information content (AvgIpc) is 2.01. The molecular formula is C5H4F3N3O3. The average molecular weight is 211 g/mol. The quantitative estimate of drug-likeness (QED) is 0.580. The fourth-order valence-corrected chi connectivity index (χ4v) is 0.749. The second kappa shape index (κ2) is 3.16. The lowest BCUT2D eigenvalue weighted by molar-refractivity contribution is -0.182. The van der Waals surface area contributed by atoms with Crippen LogP contribution >= 0.6 is 0 Å². The third-order valence-corrected chi connectivity index (χ3v) is 1.35. The molecule has 0 unspecified atom stereocenters. The van der Waals surface area contributed by atoms with Crippen molar-refractivity contribution in [3.63, 3.8) is 0 Å². The topological polar surface area (TPSA) is 78.5 Å². The number of imide groups is 2. The number of amides is 5. The van der Waals surface area contributed by atoms with Crippen molar-refractivity contribution in [3.05, 3.63) is 0 Å². The highest BCUT2D eigenvalue weighted by atomic mass is 19.4. The van der Waals surface area contributed by atoms with E-state index in [1.54, 1.807) is 0 Å². The molecule has 1 rings (SSSR count). The van der Waals surface area contributed by atoms with E-state index < -0.39 is 30.8 Å². The highest BCUT2D eigenvalue weighted by Crippen LogP contribution is 2.18. The number of nitrogens with one attached hydrogen (secondary N) is 2. The third-order valence-electron chi connectivity index (χ3n) is 1.35. The summed E-state index contributed by atoms with van der Waals surface area (Å²) >= 11 is 0. The molecule has 1 heterocycles. The van der Waals surface area contributed by atoms with Gasteiger partial charge in [0.15, 0.2) is 0 Å². The van der Waals surface area contributed by atoms with Gasteiger partial charge in [-0.15, -0.1) is 0 Å². The van der Waals surface area contributed by atoms with E-state index in [-0.39, 0.29) is 4.90 Å². The molecular weight excluding hydrogens is 207 g/mol. The molecule has 0 bridgehead atoms. The van der Waals surface area contributed by atoms with Crippen LogP contribution in [0.3, 0.4) is 0 Å². The molecule has 1 aliphatic heterocycles. The number of alkyl halides is 3. The first-order chi connectivity index (χ1) is 6.32. The SMILES string of the molecule is O=C1NCN(C(=O)C(F)(F)F)C(=O)N1. The van der Waals surface area contributed by atoms with E-state index >= 15 is 0 Å². The zero-order chi connectivity index (χ0) is 10.9. The number of urea groups is 2. The molecule has 0 radical (unpaired) electrons. The lowest BCUT2D eigenvalue weighted by Crippen LogP contribution is -2.61. The summed E-state index contributed by atoms with van der Waals surface area (Å²) in [6.07, 6.45) is -5.14. The Labute approximate surface area is 75.0 Å². The van der Waals surface area contributed by atoms with Crippen molar-refractivity contribution in [1.29, 1.82) is 0 Å². The molecule has 6 nitrogen and oxygen atoms in total. The molecule has 0 atom stereocenters. The zero-order valence-electron chi connectivity index (χ0n) is 6.51. The molecule has 0 aromatic carbocycles. The minimum Gasteiger partial charge on any atom is -0.320 e. The van der Waals surface area contributed by atoms with Crippen LogP contribution in [0.25, 0.3) is 0 Å². The van der Waals surface area contributed by atoms with Crippen LogP contribution in [0.4, 0.5) is 22.8 Å². The highest BCUT2D eigenvalue weighted by molar-refractivity contribution is 6.05. The number of halogens is 3. The van der Waals surface area contributed by atoms with Crippen molar-refractivity contribution in [3.8, 4) is 0 Å². The third kappa shape index (κ3) is 1.92. The summed E-state index contributed by atoms with van der Waals surface area (Å²) < 4.78 is 35.5. The molecule has 9 heteroatoms. The Morgan fingerprint density at radius 3 is 2.36 bits per heavy atom. The molecule has 78 valence electrons. The molecule has 14 heavy (non-hydrogen) atoms. The fraction of sp³-hybridized carbons (Fsp3) is 0.400. The Morgan fingerprint density at radius 2 is 1.93 bits per heavy atom. The van der Waals surface area contributed by atoms with Gasteiger partial charge in [0.2, 0.25) is 0 Å². The van der Waals surface area contributed by atoms with Crippen molar-refractivity contribution in [2.75, 3.05) is 6.67 Å². The monoisotopic (exact) mass is 211 g/mol. The number of carbonyl (C=O) groups excluding carboxylic acids is 3. The van der Waals surface area contributed by atoms with Crippen LogP contribution in [0, 0.1) is 0 Å². The molecule has 2 N–H and O–H groups in total. The Morgan fingerprint density at radius 1 is 1.36 bits per heavy atom. The van der Waals surface area contributed by atoms with Gasteiger partial charge in [-0.25, -0.2) is 14.5 Å². The summed E-state index contributed by atoms with van der Waals surface area (Å²) in [5, 5.41) is 3.35. The Balaban J connectivity index is 2.75. The molecule has 0 aromatic rings. The summed E-state index contributed by atoms with van der Waals surface area (Å²) in [7, 11) is 0. The first kappa shape index (κ1) is 10.3. The van der Waals surface area contributed by atoms with Gasteiger partial charge in [0.25, 0.3) is 0 Å².